The number of aliphatic hydroxyl groups excluding tert-OH is 1. The largest absolute Gasteiger partial charge is 0.496 e. The van der Waals surface area contributed by atoms with Crippen molar-refractivity contribution in [1.29, 1.82) is 0 Å². The van der Waals surface area contributed by atoms with Crippen molar-refractivity contribution in [2.45, 2.75) is 20.0 Å². The molecule has 1 unspecified atom stereocenters. The maximum Gasteiger partial charge on any atom is 0.124 e. The Morgan fingerprint density at radius 1 is 1.11 bits per heavy atom. The predicted octanol–water partition coefficient (Wildman–Crippen LogP) is 4.05. The summed E-state index contributed by atoms with van der Waals surface area (Å²) in [6.07, 6.45) is -0.725. The monoisotopic (exact) mass is 276 g/mol. The van der Waals surface area contributed by atoms with Crippen LogP contribution in [0.15, 0.2) is 36.4 Å². The Balaban J connectivity index is 2.45. The van der Waals surface area contributed by atoms with Gasteiger partial charge in [-0.05, 0) is 48.7 Å². The van der Waals surface area contributed by atoms with Gasteiger partial charge in [0.15, 0.2) is 0 Å². The second-order valence-corrected chi connectivity index (χ2v) is 5.02. The molecule has 2 aromatic carbocycles. The van der Waals surface area contributed by atoms with Gasteiger partial charge in [0, 0.05) is 10.6 Å². The smallest absolute Gasteiger partial charge is 0.124 e. The van der Waals surface area contributed by atoms with E-state index >= 15 is 0 Å². The second-order valence-electron chi connectivity index (χ2n) is 4.61. The maximum absolute atomic E-state index is 10.5. The van der Waals surface area contributed by atoms with Crippen LogP contribution in [0.3, 0.4) is 0 Å². The highest BCUT2D eigenvalue weighted by Crippen LogP contribution is 2.32. The summed E-state index contributed by atoms with van der Waals surface area (Å²) in [7, 11) is 1.65. The van der Waals surface area contributed by atoms with E-state index in [-0.39, 0.29) is 0 Å². The lowest BCUT2D eigenvalue weighted by molar-refractivity contribution is 0.220. The van der Waals surface area contributed by atoms with Gasteiger partial charge in [-0.1, -0.05) is 29.8 Å². The van der Waals surface area contributed by atoms with E-state index in [4.69, 9.17) is 16.3 Å². The van der Waals surface area contributed by atoms with E-state index in [1.807, 2.05) is 44.2 Å². The number of hydrogen-bond donors (Lipinski definition) is 1. The Hall–Kier alpha value is -1.51. The summed E-state index contributed by atoms with van der Waals surface area (Å²) in [6, 6.07) is 11.2. The molecule has 0 amide bonds. The molecule has 0 radical (unpaired) electrons. The van der Waals surface area contributed by atoms with Crippen LogP contribution in [-0.4, -0.2) is 12.2 Å². The van der Waals surface area contributed by atoms with Crippen LogP contribution >= 0.6 is 11.6 Å². The van der Waals surface area contributed by atoms with E-state index in [0.29, 0.717) is 10.6 Å². The van der Waals surface area contributed by atoms with Gasteiger partial charge in [-0.15, -0.1) is 0 Å². The van der Waals surface area contributed by atoms with Crippen LogP contribution in [-0.2, 0) is 0 Å². The van der Waals surface area contributed by atoms with Crippen molar-refractivity contribution < 1.29 is 9.84 Å². The topological polar surface area (TPSA) is 29.5 Å². The maximum atomic E-state index is 10.5. The number of hydrogen-bond acceptors (Lipinski definition) is 2. The molecule has 0 aliphatic rings. The lowest BCUT2D eigenvalue weighted by atomic mass is 9.97. The molecule has 100 valence electrons. The van der Waals surface area contributed by atoms with Crippen LogP contribution in [0.2, 0.25) is 5.02 Å². The van der Waals surface area contributed by atoms with Crippen LogP contribution in [0.5, 0.6) is 5.75 Å². The summed E-state index contributed by atoms with van der Waals surface area (Å²) in [6.45, 7) is 3.93. The minimum absolute atomic E-state index is 0.570. The fourth-order valence-electron chi connectivity index (χ4n) is 2.34. The third-order valence-corrected chi connectivity index (χ3v) is 3.55. The first-order valence-electron chi connectivity index (χ1n) is 6.12. The zero-order chi connectivity index (χ0) is 14.0. The Morgan fingerprint density at radius 3 is 2.21 bits per heavy atom. The molecule has 0 aromatic heterocycles. The Morgan fingerprint density at radius 2 is 1.68 bits per heavy atom. The molecule has 0 saturated heterocycles. The van der Waals surface area contributed by atoms with Gasteiger partial charge in [0.05, 0.1) is 7.11 Å². The molecule has 0 fully saturated rings. The molecule has 0 aliphatic carbocycles. The summed E-state index contributed by atoms with van der Waals surface area (Å²) in [5.74, 6) is 0.857. The number of halogens is 1. The number of aliphatic hydroxyl groups is 1. The van der Waals surface area contributed by atoms with Gasteiger partial charge in [0.1, 0.15) is 11.9 Å². The molecule has 19 heavy (non-hydrogen) atoms. The SMILES string of the molecule is COc1c(C)cc(C(O)c2ccccc2Cl)cc1C. The molecule has 0 bridgehead atoms. The Labute approximate surface area is 118 Å². The highest BCUT2D eigenvalue weighted by atomic mass is 35.5. The van der Waals surface area contributed by atoms with Gasteiger partial charge in [-0.3, -0.25) is 0 Å². The third-order valence-electron chi connectivity index (χ3n) is 3.20. The van der Waals surface area contributed by atoms with E-state index in [9.17, 15) is 5.11 Å². The summed E-state index contributed by atoms with van der Waals surface area (Å²) < 4.78 is 5.33. The van der Waals surface area contributed by atoms with Gasteiger partial charge >= 0.3 is 0 Å². The van der Waals surface area contributed by atoms with E-state index in [1.54, 1.807) is 13.2 Å². The van der Waals surface area contributed by atoms with Crippen molar-refractivity contribution in [1.82, 2.24) is 0 Å². The predicted molar refractivity (Wildman–Crippen MR) is 78.0 cm³/mol. The summed E-state index contributed by atoms with van der Waals surface area (Å²) in [5.41, 5.74) is 3.55. The molecule has 1 atom stereocenters. The molecule has 0 spiro atoms. The van der Waals surface area contributed by atoms with Gasteiger partial charge < -0.3 is 9.84 Å². The van der Waals surface area contributed by atoms with E-state index in [1.165, 1.54) is 0 Å². The van der Waals surface area contributed by atoms with Crippen LogP contribution in [0.1, 0.15) is 28.4 Å². The fraction of sp³-hybridized carbons (Fsp3) is 0.250. The molecule has 0 heterocycles. The van der Waals surface area contributed by atoms with Crippen molar-refractivity contribution >= 4 is 11.6 Å². The first kappa shape index (κ1) is 13.9. The molecular formula is C16H17ClO2. The normalized spacial score (nSPS) is 12.3. The lowest BCUT2D eigenvalue weighted by Gasteiger charge is -2.16. The average Bonchev–Trinajstić information content (AvgIpc) is 2.38. The van der Waals surface area contributed by atoms with E-state index in [0.717, 1.165) is 22.4 Å². The van der Waals surface area contributed by atoms with Crippen molar-refractivity contribution in [2.24, 2.45) is 0 Å². The quantitative estimate of drug-likeness (QED) is 0.916. The number of rotatable bonds is 3. The van der Waals surface area contributed by atoms with Crippen LogP contribution in [0, 0.1) is 13.8 Å². The highest BCUT2D eigenvalue weighted by Gasteiger charge is 2.16. The first-order valence-corrected chi connectivity index (χ1v) is 6.50. The number of ether oxygens (including phenoxy) is 1. The van der Waals surface area contributed by atoms with Crippen LogP contribution in [0.4, 0.5) is 0 Å². The van der Waals surface area contributed by atoms with Gasteiger partial charge in [0.25, 0.3) is 0 Å². The van der Waals surface area contributed by atoms with Crippen molar-refractivity contribution in [2.75, 3.05) is 7.11 Å². The summed E-state index contributed by atoms with van der Waals surface area (Å²) in [4.78, 5) is 0. The van der Waals surface area contributed by atoms with E-state index in [2.05, 4.69) is 0 Å². The number of methoxy groups -OCH3 is 1. The summed E-state index contributed by atoms with van der Waals surface area (Å²) in [5, 5.41) is 11.0. The second kappa shape index (κ2) is 5.64. The molecule has 1 N–H and O–H groups in total. The fourth-order valence-corrected chi connectivity index (χ4v) is 2.58. The van der Waals surface area contributed by atoms with Crippen molar-refractivity contribution in [3.05, 3.63) is 63.7 Å². The average molecular weight is 277 g/mol. The lowest BCUT2D eigenvalue weighted by Crippen LogP contribution is -2.02. The number of aryl methyl sites for hydroxylation is 2. The van der Waals surface area contributed by atoms with Crippen LogP contribution in [0.25, 0.3) is 0 Å². The molecule has 2 rings (SSSR count). The standard InChI is InChI=1S/C16H17ClO2/c1-10-8-12(9-11(2)16(10)19-3)15(18)13-6-4-5-7-14(13)17/h4-9,15,18H,1-3H3. The van der Waals surface area contributed by atoms with E-state index < -0.39 is 6.10 Å². The molecule has 3 heteroatoms. The number of benzene rings is 2. The van der Waals surface area contributed by atoms with Gasteiger partial charge in [-0.2, -0.15) is 0 Å². The molecule has 0 saturated carbocycles. The molecule has 0 aliphatic heterocycles. The molecular weight excluding hydrogens is 260 g/mol. The third kappa shape index (κ3) is 2.75. The zero-order valence-electron chi connectivity index (χ0n) is 11.3. The summed E-state index contributed by atoms with van der Waals surface area (Å²) >= 11 is 6.12. The highest BCUT2D eigenvalue weighted by molar-refractivity contribution is 6.31. The minimum Gasteiger partial charge on any atom is -0.496 e. The first-order chi connectivity index (χ1) is 9.04. The Bertz CT molecular complexity index is 570. The minimum atomic E-state index is -0.725. The Kier molecular flexibility index (Phi) is 4.13. The van der Waals surface area contributed by atoms with Crippen molar-refractivity contribution in [3.8, 4) is 5.75 Å². The molecule has 2 nitrogen and oxygen atoms in total. The zero-order valence-corrected chi connectivity index (χ0v) is 12.0. The van der Waals surface area contributed by atoms with Crippen LogP contribution < -0.4 is 4.74 Å². The van der Waals surface area contributed by atoms with Gasteiger partial charge in [-0.25, -0.2) is 0 Å². The van der Waals surface area contributed by atoms with Crippen molar-refractivity contribution in [3.63, 3.8) is 0 Å². The molecule has 2 aromatic rings. The van der Waals surface area contributed by atoms with Gasteiger partial charge in [0.2, 0.25) is 0 Å².